The number of amides is 1. The van der Waals surface area contributed by atoms with Gasteiger partial charge in [0.05, 0.1) is 6.54 Å². The van der Waals surface area contributed by atoms with Crippen LogP contribution < -0.4 is 0 Å². The highest BCUT2D eigenvalue weighted by Crippen LogP contribution is 2.28. The molecule has 0 aliphatic carbocycles. The zero-order valence-corrected chi connectivity index (χ0v) is 14.0. The Hall–Kier alpha value is -2.63. The number of nitrogens with one attached hydrogen (secondary N) is 1. The minimum atomic E-state index is -0.0834. The smallest absolute Gasteiger partial charge is 0.270 e. The van der Waals surface area contributed by atoms with E-state index < -0.39 is 0 Å². The summed E-state index contributed by atoms with van der Waals surface area (Å²) in [7, 11) is 1.73. The van der Waals surface area contributed by atoms with Crippen molar-refractivity contribution < 1.29 is 9.32 Å². The summed E-state index contributed by atoms with van der Waals surface area (Å²) in [5.74, 6) is 0.910. The van der Waals surface area contributed by atoms with Crippen LogP contribution in [0.5, 0.6) is 0 Å². The maximum atomic E-state index is 12.8. The predicted octanol–water partition coefficient (Wildman–Crippen LogP) is 3.06. The lowest BCUT2D eigenvalue weighted by Gasteiger charge is -2.14. The van der Waals surface area contributed by atoms with Gasteiger partial charge in [-0.3, -0.25) is 4.79 Å². The molecule has 2 aromatic heterocycles. The maximum Gasteiger partial charge on any atom is 0.270 e. The Kier molecular flexibility index (Phi) is 3.67. The van der Waals surface area contributed by atoms with Gasteiger partial charge in [-0.05, 0) is 37.5 Å². The number of carbonyl (C=O) groups is 1. The van der Waals surface area contributed by atoms with Gasteiger partial charge in [0.15, 0.2) is 5.82 Å². The van der Waals surface area contributed by atoms with E-state index >= 15 is 0 Å². The Labute approximate surface area is 134 Å². The fourth-order valence-corrected chi connectivity index (χ4v) is 2.89. The number of rotatable bonds is 3. The second-order valence-electron chi connectivity index (χ2n) is 5.97. The van der Waals surface area contributed by atoms with Crippen molar-refractivity contribution in [3.63, 3.8) is 0 Å². The van der Waals surface area contributed by atoms with Crippen LogP contribution in [0.15, 0.2) is 16.7 Å². The summed E-state index contributed by atoms with van der Waals surface area (Å²) in [5.41, 5.74) is 4.90. The molecule has 0 bridgehead atoms. The quantitative estimate of drug-likeness (QED) is 0.806. The number of fused-ring (bicyclic) bond motifs is 1. The highest BCUT2D eigenvalue weighted by atomic mass is 16.5. The van der Waals surface area contributed by atoms with Gasteiger partial charge in [-0.15, -0.1) is 0 Å². The average molecular weight is 312 g/mol. The fourth-order valence-electron chi connectivity index (χ4n) is 2.89. The topological polar surface area (TPSA) is 75.0 Å². The number of H-pyrrole nitrogens is 1. The number of hydrogen-bond acceptors (Lipinski definition) is 4. The van der Waals surface area contributed by atoms with Crippen molar-refractivity contribution in [1.82, 2.24) is 20.0 Å². The van der Waals surface area contributed by atoms with Crippen molar-refractivity contribution in [2.75, 3.05) is 7.05 Å². The minimum absolute atomic E-state index is 0.0834. The Balaban J connectivity index is 1.96. The van der Waals surface area contributed by atoms with E-state index in [1.54, 1.807) is 18.9 Å². The molecule has 1 aromatic carbocycles. The molecular formula is C17H20N4O2. The van der Waals surface area contributed by atoms with E-state index in [9.17, 15) is 4.79 Å². The van der Waals surface area contributed by atoms with Crippen molar-refractivity contribution >= 4 is 16.8 Å². The van der Waals surface area contributed by atoms with Crippen LogP contribution in [0.1, 0.15) is 38.9 Å². The summed E-state index contributed by atoms with van der Waals surface area (Å²) in [4.78, 5) is 21.8. The molecule has 3 rings (SSSR count). The van der Waals surface area contributed by atoms with Crippen molar-refractivity contribution in [2.45, 2.75) is 34.2 Å². The van der Waals surface area contributed by atoms with E-state index in [2.05, 4.69) is 34.2 Å². The second-order valence-corrected chi connectivity index (χ2v) is 5.97. The number of nitrogens with zero attached hydrogens (tertiary/aromatic N) is 3. The van der Waals surface area contributed by atoms with Gasteiger partial charge in [-0.25, -0.2) is 0 Å². The Bertz CT molecular complexity index is 892. The van der Waals surface area contributed by atoms with Gasteiger partial charge >= 0.3 is 0 Å². The van der Waals surface area contributed by atoms with Crippen LogP contribution in [-0.2, 0) is 6.54 Å². The molecule has 0 atom stereocenters. The first-order valence-electron chi connectivity index (χ1n) is 7.51. The van der Waals surface area contributed by atoms with Gasteiger partial charge in [0, 0.05) is 24.9 Å². The van der Waals surface area contributed by atoms with E-state index in [1.807, 2.05) is 13.8 Å². The molecule has 0 radical (unpaired) electrons. The third kappa shape index (κ3) is 2.60. The number of benzene rings is 1. The molecule has 2 heterocycles. The van der Waals surface area contributed by atoms with E-state index in [0.29, 0.717) is 24.0 Å². The monoisotopic (exact) mass is 312 g/mol. The highest BCUT2D eigenvalue weighted by Gasteiger charge is 2.21. The number of hydrogen-bond donors (Lipinski definition) is 1. The molecule has 1 N–H and O–H groups in total. The summed E-state index contributed by atoms with van der Waals surface area (Å²) < 4.78 is 4.95. The molecule has 3 aromatic rings. The molecule has 0 saturated carbocycles. The molecule has 23 heavy (non-hydrogen) atoms. The van der Waals surface area contributed by atoms with Crippen molar-refractivity contribution in [1.29, 1.82) is 0 Å². The van der Waals surface area contributed by atoms with Crippen LogP contribution in [0.4, 0.5) is 0 Å². The van der Waals surface area contributed by atoms with Crippen LogP contribution in [-0.4, -0.2) is 33.0 Å². The molecule has 0 aliphatic heterocycles. The lowest BCUT2D eigenvalue weighted by molar-refractivity contribution is 0.0775. The zero-order valence-electron chi connectivity index (χ0n) is 14.0. The minimum Gasteiger partial charge on any atom is -0.350 e. The molecule has 0 fully saturated rings. The van der Waals surface area contributed by atoms with Crippen LogP contribution in [0.3, 0.4) is 0 Å². The summed E-state index contributed by atoms with van der Waals surface area (Å²) in [6.45, 7) is 8.11. The first kappa shape index (κ1) is 15.3. The Morgan fingerprint density at radius 1 is 1.22 bits per heavy atom. The molecular weight excluding hydrogens is 292 g/mol. The van der Waals surface area contributed by atoms with Crippen LogP contribution in [0.2, 0.25) is 0 Å². The first-order valence-corrected chi connectivity index (χ1v) is 7.51. The third-order valence-electron chi connectivity index (χ3n) is 4.13. The maximum absolute atomic E-state index is 12.8. The summed E-state index contributed by atoms with van der Waals surface area (Å²) in [6, 6.07) is 4.15. The van der Waals surface area contributed by atoms with Crippen LogP contribution >= 0.6 is 0 Å². The Morgan fingerprint density at radius 3 is 2.52 bits per heavy atom. The van der Waals surface area contributed by atoms with Crippen LogP contribution in [0.25, 0.3) is 10.9 Å². The van der Waals surface area contributed by atoms with E-state index in [0.717, 1.165) is 27.6 Å². The molecule has 6 heteroatoms. The highest BCUT2D eigenvalue weighted by molar-refractivity contribution is 6.02. The largest absolute Gasteiger partial charge is 0.350 e. The van der Waals surface area contributed by atoms with E-state index in [-0.39, 0.29) is 5.91 Å². The number of aromatic amines is 1. The van der Waals surface area contributed by atoms with Gasteiger partial charge in [-0.1, -0.05) is 17.3 Å². The number of aryl methyl sites for hydroxylation is 4. The Morgan fingerprint density at radius 2 is 1.91 bits per heavy atom. The third-order valence-corrected chi connectivity index (χ3v) is 4.13. The van der Waals surface area contributed by atoms with Gasteiger partial charge in [-0.2, -0.15) is 4.98 Å². The lowest BCUT2D eigenvalue weighted by atomic mass is 10.0. The SMILES string of the molecule is Cc1nc(CN(C)C(=O)c2[nH]c3c(C)ccc(C)c3c2C)no1. The molecule has 0 spiro atoms. The normalized spacial score (nSPS) is 11.2. The van der Waals surface area contributed by atoms with Crippen molar-refractivity contribution in [2.24, 2.45) is 0 Å². The summed E-state index contributed by atoms with van der Waals surface area (Å²) >= 11 is 0. The number of carbonyl (C=O) groups excluding carboxylic acids is 1. The van der Waals surface area contributed by atoms with Crippen molar-refractivity contribution in [3.8, 4) is 0 Å². The van der Waals surface area contributed by atoms with Gasteiger partial charge in [0.25, 0.3) is 5.91 Å². The number of aromatic nitrogens is 3. The first-order chi connectivity index (χ1) is 10.9. The molecule has 1 amide bonds. The molecule has 0 aliphatic rings. The molecule has 120 valence electrons. The zero-order chi connectivity index (χ0) is 16.7. The van der Waals surface area contributed by atoms with Gasteiger partial charge in [0.2, 0.25) is 5.89 Å². The second kappa shape index (κ2) is 5.53. The average Bonchev–Trinajstić information content (AvgIpc) is 3.07. The predicted molar refractivity (Wildman–Crippen MR) is 87.3 cm³/mol. The standard InChI is InChI=1S/C17H20N4O2/c1-9-6-7-10(2)15-14(9)11(3)16(19-15)17(22)21(5)8-13-18-12(4)23-20-13/h6-7,19H,8H2,1-5H3. The van der Waals surface area contributed by atoms with E-state index in [4.69, 9.17) is 4.52 Å². The van der Waals surface area contributed by atoms with Crippen LogP contribution in [0, 0.1) is 27.7 Å². The van der Waals surface area contributed by atoms with Gasteiger partial charge in [0.1, 0.15) is 5.69 Å². The summed E-state index contributed by atoms with van der Waals surface area (Å²) in [5, 5.41) is 4.96. The molecule has 0 saturated heterocycles. The van der Waals surface area contributed by atoms with Crippen molar-refractivity contribution in [3.05, 3.63) is 46.2 Å². The lowest BCUT2D eigenvalue weighted by Crippen LogP contribution is -2.27. The van der Waals surface area contributed by atoms with Gasteiger partial charge < -0.3 is 14.4 Å². The van der Waals surface area contributed by atoms with E-state index in [1.165, 1.54) is 0 Å². The fraction of sp³-hybridized carbons (Fsp3) is 0.353. The summed E-state index contributed by atoms with van der Waals surface area (Å²) in [6.07, 6.45) is 0. The molecule has 6 nitrogen and oxygen atoms in total. The molecule has 0 unspecified atom stereocenters.